The number of carbonyl (C=O) groups excluding carboxylic acids is 1. The normalized spacial score (nSPS) is 10.7. The summed E-state index contributed by atoms with van der Waals surface area (Å²) in [5.41, 5.74) is 14.5. The van der Waals surface area contributed by atoms with Crippen LogP contribution in [0.25, 0.3) is 6.08 Å². The number of phenolic OH excluding ortho intramolecular Hbond substituents is 1. The minimum absolute atomic E-state index is 0.136. The van der Waals surface area contributed by atoms with E-state index in [2.05, 4.69) is 5.32 Å². The lowest BCUT2D eigenvalue weighted by atomic mass is 10.1. The van der Waals surface area contributed by atoms with Crippen molar-refractivity contribution in [1.29, 1.82) is 0 Å². The molecule has 0 aliphatic rings. The van der Waals surface area contributed by atoms with Crippen molar-refractivity contribution in [2.24, 2.45) is 0 Å². The number of carbonyl (C=O) groups is 1. The molecule has 0 aromatic heterocycles. The molecule has 6 N–H and O–H groups in total. The Kier molecular flexibility index (Phi) is 4.13. The number of anilines is 3. The Morgan fingerprint density at radius 1 is 1.19 bits per heavy atom. The van der Waals surface area contributed by atoms with E-state index in [0.29, 0.717) is 22.6 Å². The average molecular weight is 283 g/mol. The summed E-state index contributed by atoms with van der Waals surface area (Å²) >= 11 is 0. The SMILES string of the molecule is Cc1ccc(NC(=O)C=Cc2cc(N)ccc2N)cc1O. The van der Waals surface area contributed by atoms with Crippen molar-refractivity contribution in [2.45, 2.75) is 6.92 Å². The fourth-order valence-corrected chi connectivity index (χ4v) is 1.77. The second-order valence-corrected chi connectivity index (χ2v) is 4.71. The third kappa shape index (κ3) is 3.76. The molecule has 1 amide bonds. The topological polar surface area (TPSA) is 101 Å². The number of amides is 1. The molecule has 2 aromatic rings. The van der Waals surface area contributed by atoms with Gasteiger partial charge >= 0.3 is 0 Å². The first-order valence-electron chi connectivity index (χ1n) is 6.39. The number of aromatic hydroxyl groups is 1. The van der Waals surface area contributed by atoms with Gasteiger partial charge in [-0.25, -0.2) is 0 Å². The van der Waals surface area contributed by atoms with Gasteiger partial charge in [-0.15, -0.1) is 0 Å². The molecule has 5 heteroatoms. The van der Waals surface area contributed by atoms with Crippen molar-refractivity contribution in [3.05, 3.63) is 53.6 Å². The molecule has 0 aliphatic heterocycles. The number of hydrogen-bond donors (Lipinski definition) is 4. The van der Waals surface area contributed by atoms with Crippen LogP contribution in [-0.4, -0.2) is 11.0 Å². The van der Waals surface area contributed by atoms with E-state index in [9.17, 15) is 9.90 Å². The highest BCUT2D eigenvalue weighted by molar-refractivity contribution is 6.02. The molecule has 0 saturated heterocycles. The van der Waals surface area contributed by atoms with Gasteiger partial charge in [0, 0.05) is 29.2 Å². The highest BCUT2D eigenvalue weighted by Crippen LogP contribution is 2.21. The third-order valence-corrected chi connectivity index (χ3v) is 3.00. The largest absolute Gasteiger partial charge is 0.508 e. The van der Waals surface area contributed by atoms with E-state index in [1.165, 1.54) is 12.1 Å². The zero-order chi connectivity index (χ0) is 15.4. The van der Waals surface area contributed by atoms with E-state index in [-0.39, 0.29) is 11.7 Å². The fourth-order valence-electron chi connectivity index (χ4n) is 1.77. The van der Waals surface area contributed by atoms with Crippen molar-refractivity contribution < 1.29 is 9.90 Å². The number of rotatable bonds is 3. The summed E-state index contributed by atoms with van der Waals surface area (Å²) in [5.74, 6) is -0.183. The van der Waals surface area contributed by atoms with E-state index in [1.807, 2.05) is 0 Å². The maximum absolute atomic E-state index is 11.8. The molecule has 0 bridgehead atoms. The maximum Gasteiger partial charge on any atom is 0.248 e. The monoisotopic (exact) mass is 283 g/mol. The molecule has 0 saturated carbocycles. The van der Waals surface area contributed by atoms with E-state index in [1.54, 1.807) is 43.3 Å². The maximum atomic E-state index is 11.8. The standard InChI is InChI=1S/C16H17N3O2/c1-10-2-5-13(9-15(10)20)19-16(21)7-3-11-8-12(17)4-6-14(11)18/h2-9,20H,17-18H2,1H3,(H,19,21). The lowest BCUT2D eigenvalue weighted by molar-refractivity contribution is -0.111. The first-order valence-corrected chi connectivity index (χ1v) is 6.39. The number of aryl methyl sites for hydroxylation is 1. The van der Waals surface area contributed by atoms with Crippen molar-refractivity contribution in [3.8, 4) is 5.75 Å². The van der Waals surface area contributed by atoms with Crippen molar-refractivity contribution >= 4 is 29.0 Å². The number of nitrogens with one attached hydrogen (secondary N) is 1. The molecule has 0 aliphatic carbocycles. The summed E-state index contributed by atoms with van der Waals surface area (Å²) in [7, 11) is 0. The van der Waals surface area contributed by atoms with E-state index in [0.717, 1.165) is 5.56 Å². The van der Waals surface area contributed by atoms with Gasteiger partial charge in [0.25, 0.3) is 0 Å². The van der Waals surface area contributed by atoms with Crippen LogP contribution in [0.2, 0.25) is 0 Å². The summed E-state index contributed by atoms with van der Waals surface area (Å²) in [6.45, 7) is 1.78. The van der Waals surface area contributed by atoms with Gasteiger partial charge in [-0.05, 0) is 48.4 Å². The third-order valence-electron chi connectivity index (χ3n) is 3.00. The Labute approximate surface area is 122 Å². The van der Waals surface area contributed by atoms with Crippen LogP contribution in [0.4, 0.5) is 17.1 Å². The molecule has 21 heavy (non-hydrogen) atoms. The number of nitrogens with two attached hydrogens (primary N) is 2. The molecule has 2 aromatic carbocycles. The minimum atomic E-state index is -0.319. The molecule has 0 spiro atoms. The van der Waals surface area contributed by atoms with Crippen LogP contribution in [0.5, 0.6) is 5.75 Å². The molecule has 0 atom stereocenters. The number of phenols is 1. The molecule has 0 fully saturated rings. The van der Waals surface area contributed by atoms with Gasteiger partial charge in [0.2, 0.25) is 5.91 Å². The van der Waals surface area contributed by atoms with Gasteiger partial charge in [0.1, 0.15) is 5.75 Å². The molecule has 0 heterocycles. The van der Waals surface area contributed by atoms with Gasteiger partial charge < -0.3 is 21.9 Å². The zero-order valence-corrected chi connectivity index (χ0v) is 11.6. The van der Waals surface area contributed by atoms with Gasteiger partial charge in [-0.2, -0.15) is 0 Å². The summed E-state index contributed by atoms with van der Waals surface area (Å²) in [6.07, 6.45) is 2.96. The van der Waals surface area contributed by atoms with E-state index >= 15 is 0 Å². The van der Waals surface area contributed by atoms with Crippen molar-refractivity contribution in [1.82, 2.24) is 0 Å². The first kappa shape index (κ1) is 14.5. The molecule has 2 rings (SSSR count). The van der Waals surface area contributed by atoms with Crippen molar-refractivity contribution in [3.63, 3.8) is 0 Å². The summed E-state index contributed by atoms with van der Waals surface area (Å²) in [4.78, 5) is 11.8. The van der Waals surface area contributed by atoms with Crippen LogP contribution in [-0.2, 0) is 4.79 Å². The Balaban J connectivity index is 2.09. The number of nitrogen functional groups attached to an aromatic ring is 2. The summed E-state index contributed by atoms with van der Waals surface area (Å²) < 4.78 is 0. The van der Waals surface area contributed by atoms with Gasteiger partial charge in [0.05, 0.1) is 0 Å². The summed E-state index contributed by atoms with van der Waals surface area (Å²) in [6, 6.07) is 10.0. The zero-order valence-electron chi connectivity index (χ0n) is 11.6. The van der Waals surface area contributed by atoms with Crippen LogP contribution in [0.3, 0.4) is 0 Å². The highest BCUT2D eigenvalue weighted by atomic mass is 16.3. The number of hydrogen-bond acceptors (Lipinski definition) is 4. The molecular weight excluding hydrogens is 266 g/mol. The second-order valence-electron chi connectivity index (χ2n) is 4.71. The average Bonchev–Trinajstić information content (AvgIpc) is 2.44. The minimum Gasteiger partial charge on any atom is -0.508 e. The second kappa shape index (κ2) is 6.00. The van der Waals surface area contributed by atoms with Crippen LogP contribution in [0.1, 0.15) is 11.1 Å². The van der Waals surface area contributed by atoms with Crippen LogP contribution < -0.4 is 16.8 Å². The highest BCUT2D eigenvalue weighted by Gasteiger charge is 2.02. The van der Waals surface area contributed by atoms with Crippen LogP contribution >= 0.6 is 0 Å². The smallest absolute Gasteiger partial charge is 0.248 e. The Morgan fingerprint density at radius 3 is 2.67 bits per heavy atom. The Bertz CT molecular complexity index is 709. The lowest BCUT2D eigenvalue weighted by Crippen LogP contribution is -2.07. The van der Waals surface area contributed by atoms with E-state index < -0.39 is 0 Å². The molecule has 0 unspecified atom stereocenters. The predicted octanol–water partition coefficient (Wildman–Crippen LogP) is 2.52. The molecular formula is C16H17N3O2. The van der Waals surface area contributed by atoms with Crippen molar-refractivity contribution in [2.75, 3.05) is 16.8 Å². The van der Waals surface area contributed by atoms with Gasteiger partial charge in [-0.1, -0.05) is 6.07 Å². The molecule has 108 valence electrons. The Morgan fingerprint density at radius 2 is 1.95 bits per heavy atom. The van der Waals surface area contributed by atoms with E-state index in [4.69, 9.17) is 11.5 Å². The van der Waals surface area contributed by atoms with Gasteiger partial charge in [0.15, 0.2) is 0 Å². The fraction of sp³-hybridized carbons (Fsp3) is 0.0625. The summed E-state index contributed by atoms with van der Waals surface area (Å²) in [5, 5.41) is 12.2. The number of benzene rings is 2. The molecule has 5 nitrogen and oxygen atoms in total. The van der Waals surface area contributed by atoms with Crippen LogP contribution in [0.15, 0.2) is 42.5 Å². The molecule has 0 radical (unpaired) electrons. The first-order chi connectivity index (χ1) is 9.95. The van der Waals surface area contributed by atoms with Gasteiger partial charge in [-0.3, -0.25) is 4.79 Å². The quantitative estimate of drug-likeness (QED) is 0.513. The predicted molar refractivity (Wildman–Crippen MR) is 85.8 cm³/mol. The van der Waals surface area contributed by atoms with Crippen LogP contribution in [0, 0.1) is 6.92 Å². The Hall–Kier alpha value is -2.95. The lowest BCUT2D eigenvalue weighted by Gasteiger charge is -2.05.